The van der Waals surface area contributed by atoms with E-state index >= 15 is 0 Å². The normalized spacial score (nSPS) is 26.9. The largest absolute Gasteiger partial charge is 0.438 e. The van der Waals surface area contributed by atoms with Crippen LogP contribution in [0.4, 0.5) is 34.1 Å². The molecule has 3 heterocycles. The van der Waals surface area contributed by atoms with Crippen LogP contribution in [0.25, 0.3) is 0 Å². The van der Waals surface area contributed by atoms with Crippen LogP contribution in [-0.2, 0) is 39.4 Å². The number of anilines is 2. The van der Waals surface area contributed by atoms with Gasteiger partial charge in [0.25, 0.3) is 0 Å². The number of aliphatic hydroxyl groups excluding tert-OH is 1. The van der Waals surface area contributed by atoms with Crippen LogP contribution in [0.2, 0.25) is 0 Å². The van der Waals surface area contributed by atoms with Crippen LogP contribution in [-0.4, -0.2) is 91.3 Å². The summed E-state index contributed by atoms with van der Waals surface area (Å²) in [6.45, 7) is 5.70. The molecular formula is C47H61F3N4O10. The van der Waals surface area contributed by atoms with Crippen molar-refractivity contribution in [3.8, 4) is 0 Å². The number of nitrogens with one attached hydrogen (secondary N) is 4. The summed E-state index contributed by atoms with van der Waals surface area (Å²) < 4.78 is 78.1. The van der Waals surface area contributed by atoms with Gasteiger partial charge in [-0.2, -0.15) is 13.2 Å². The molecule has 17 heteroatoms. The van der Waals surface area contributed by atoms with Crippen LogP contribution in [0.3, 0.4) is 0 Å². The third-order valence-corrected chi connectivity index (χ3v) is 11.6. The van der Waals surface area contributed by atoms with Gasteiger partial charge in [0.05, 0.1) is 37.0 Å². The number of aryl methyl sites for hydroxylation is 1. The molecule has 6 rings (SSSR count). The molecule has 0 aliphatic carbocycles. The zero-order chi connectivity index (χ0) is 45.6. The van der Waals surface area contributed by atoms with E-state index in [0.717, 1.165) is 49.8 Å². The number of alkyl halides is 3. The molecule has 3 saturated heterocycles. The molecule has 3 aliphatic heterocycles. The Bertz CT molecular complexity index is 1960. The molecule has 350 valence electrons. The molecule has 64 heavy (non-hydrogen) atoms. The van der Waals surface area contributed by atoms with Gasteiger partial charge in [0.15, 0.2) is 18.7 Å². The van der Waals surface area contributed by atoms with Crippen molar-refractivity contribution >= 4 is 29.4 Å². The van der Waals surface area contributed by atoms with E-state index < -0.39 is 85.2 Å². The van der Waals surface area contributed by atoms with Gasteiger partial charge in [-0.15, -0.1) is 0 Å². The van der Waals surface area contributed by atoms with Crippen molar-refractivity contribution in [1.82, 2.24) is 10.6 Å². The molecule has 4 amide bonds. The number of unbranched alkanes of at least 4 members (excludes halogenated alkanes) is 7. The number of halogens is 3. The van der Waals surface area contributed by atoms with Crippen LogP contribution in [0.15, 0.2) is 78.9 Å². The maximum Gasteiger partial charge on any atom is 0.416 e. The van der Waals surface area contributed by atoms with E-state index in [0.29, 0.717) is 24.1 Å². The van der Waals surface area contributed by atoms with Crippen LogP contribution >= 0.6 is 0 Å². The van der Waals surface area contributed by atoms with Crippen molar-refractivity contribution in [3.05, 3.63) is 95.6 Å². The first-order valence-electron chi connectivity index (χ1n) is 22.3. The number of amides is 4. The molecular weight excluding hydrogens is 838 g/mol. The van der Waals surface area contributed by atoms with Gasteiger partial charge in [0, 0.05) is 23.4 Å². The summed E-state index contributed by atoms with van der Waals surface area (Å²) in [5.41, 5.74) is 0.932. The summed E-state index contributed by atoms with van der Waals surface area (Å²) in [4.78, 5) is 40.8. The van der Waals surface area contributed by atoms with Crippen molar-refractivity contribution in [2.45, 2.75) is 152 Å². The third kappa shape index (κ3) is 13.6. The number of hydrogen-bond donors (Lipinski definition) is 5. The van der Waals surface area contributed by atoms with Crippen molar-refractivity contribution < 1.29 is 61.1 Å². The van der Waals surface area contributed by atoms with Crippen LogP contribution in [0.1, 0.15) is 101 Å². The molecule has 10 atom stereocenters. The van der Waals surface area contributed by atoms with E-state index in [1.807, 2.05) is 50.2 Å². The zero-order valence-corrected chi connectivity index (χ0v) is 36.5. The highest BCUT2D eigenvalue weighted by Gasteiger charge is 2.54. The van der Waals surface area contributed by atoms with Crippen molar-refractivity contribution in [1.29, 1.82) is 0 Å². The number of aliphatic hydroxyl groups is 1. The topological polar surface area (TPSA) is 175 Å². The quantitative estimate of drug-likeness (QED) is 0.0779. The Hall–Kier alpha value is -4.78. The monoisotopic (exact) mass is 898 g/mol. The number of ether oxygens (including phenoxy) is 6. The van der Waals surface area contributed by atoms with Crippen LogP contribution in [0, 0.1) is 6.92 Å². The minimum absolute atomic E-state index is 0.0471. The summed E-state index contributed by atoms with van der Waals surface area (Å²) in [5, 5.41) is 23.0. The molecule has 3 aromatic rings. The Morgan fingerprint density at radius 3 is 2.19 bits per heavy atom. The lowest BCUT2D eigenvalue weighted by Crippen LogP contribution is -2.69. The molecule has 5 unspecified atom stereocenters. The fourth-order valence-corrected chi connectivity index (χ4v) is 8.25. The van der Waals surface area contributed by atoms with E-state index in [1.54, 1.807) is 18.2 Å². The van der Waals surface area contributed by atoms with Crippen LogP contribution < -0.4 is 21.3 Å². The molecule has 14 nitrogen and oxygen atoms in total. The Labute approximate surface area is 372 Å². The molecule has 3 aromatic carbocycles. The average molecular weight is 899 g/mol. The first-order valence-corrected chi connectivity index (χ1v) is 22.3. The van der Waals surface area contributed by atoms with Gasteiger partial charge >= 0.3 is 18.3 Å². The number of rotatable bonds is 18. The molecule has 3 aliphatic rings. The summed E-state index contributed by atoms with van der Waals surface area (Å²) in [5.74, 6) is -0.281. The van der Waals surface area contributed by atoms with Crippen molar-refractivity contribution in [3.63, 3.8) is 0 Å². The summed E-state index contributed by atoms with van der Waals surface area (Å²) >= 11 is 0. The second-order valence-electron chi connectivity index (χ2n) is 16.6. The minimum Gasteiger partial charge on any atom is -0.438 e. The number of hydrogen-bond acceptors (Lipinski definition) is 10. The summed E-state index contributed by atoms with van der Waals surface area (Å²) in [6.07, 6.45) is -5.87. The molecule has 0 saturated carbocycles. The van der Waals surface area contributed by atoms with Crippen molar-refractivity contribution in [2.24, 2.45) is 0 Å². The number of urea groups is 1. The predicted octanol–water partition coefficient (Wildman–Crippen LogP) is 8.53. The standard InChI is InChI=1S/C47H61F3N4O10/c1-4-6-7-8-9-10-11-15-24-37(55)54-38-35(5-2)59-27-34(53-45(57)51-33-23-17-21-31(26-33)47(48,49)50)40(38)62-44-42(64-46(58)52-32-22-16-18-29(3)25-32)39(56)41-36(61-44)28-60-43(63-41)30-19-13-12-14-20-30/h12-14,16-23,25-26,34-36,38-44,56H,4-11,15,24,27-28H2,1-3H3,(H,52,58)(H,54,55)(H2,51,53,57)/t34?,35?,36?,38-,39-,40+,41-,42?,43?,44-/m0/s1. The molecule has 5 N–H and O–H groups in total. The molecule has 0 bridgehead atoms. The molecule has 0 spiro atoms. The van der Waals surface area contributed by atoms with E-state index in [1.165, 1.54) is 25.0 Å². The third-order valence-electron chi connectivity index (χ3n) is 11.6. The lowest BCUT2D eigenvalue weighted by Gasteiger charge is -2.49. The molecule has 0 radical (unpaired) electrons. The highest BCUT2D eigenvalue weighted by atomic mass is 19.4. The van der Waals surface area contributed by atoms with E-state index in [4.69, 9.17) is 28.4 Å². The van der Waals surface area contributed by atoms with Gasteiger partial charge in [-0.25, -0.2) is 9.59 Å². The SMILES string of the molecule is CCCCCCCCCCC(=O)N[C@H]1C(CC)OCC(NC(=O)Nc2cccc(C(F)(F)F)c2)[C@H]1O[C@@H]1OC2COC(c3ccccc3)O[C@@H]2[C@H](O)C1OC(=O)Nc1cccc(C)c1. The highest BCUT2D eigenvalue weighted by molar-refractivity contribution is 5.89. The number of benzene rings is 3. The Morgan fingerprint density at radius 1 is 0.781 bits per heavy atom. The number of carbonyl (C=O) groups is 3. The maximum atomic E-state index is 13.7. The molecule has 3 fully saturated rings. The zero-order valence-electron chi connectivity index (χ0n) is 36.5. The Kier molecular flexibility index (Phi) is 17.8. The van der Waals surface area contributed by atoms with Gasteiger partial charge in [-0.05, 0) is 55.7 Å². The summed E-state index contributed by atoms with van der Waals surface area (Å²) in [7, 11) is 0. The first-order chi connectivity index (χ1) is 30.8. The highest BCUT2D eigenvalue weighted by Crippen LogP contribution is 2.37. The van der Waals surface area contributed by atoms with E-state index in [-0.39, 0.29) is 31.2 Å². The minimum atomic E-state index is -4.64. The second-order valence-corrected chi connectivity index (χ2v) is 16.6. The van der Waals surface area contributed by atoms with Gasteiger partial charge in [-0.1, -0.05) is 107 Å². The van der Waals surface area contributed by atoms with Gasteiger partial charge in [-0.3, -0.25) is 10.1 Å². The first kappa shape index (κ1) is 48.7. The second kappa shape index (κ2) is 23.4. The smallest absolute Gasteiger partial charge is 0.416 e. The fraction of sp³-hybridized carbons (Fsp3) is 0.553. The maximum absolute atomic E-state index is 13.7. The average Bonchev–Trinajstić information content (AvgIpc) is 3.27. The van der Waals surface area contributed by atoms with Gasteiger partial charge in [0.2, 0.25) is 5.91 Å². The van der Waals surface area contributed by atoms with Crippen molar-refractivity contribution in [2.75, 3.05) is 23.8 Å². The number of fused-ring (bicyclic) bond motifs is 1. The van der Waals surface area contributed by atoms with E-state index in [9.17, 15) is 32.7 Å². The van der Waals surface area contributed by atoms with Gasteiger partial charge < -0.3 is 49.5 Å². The van der Waals surface area contributed by atoms with Crippen LogP contribution in [0.5, 0.6) is 0 Å². The fourth-order valence-electron chi connectivity index (χ4n) is 8.25. The lowest BCUT2D eigenvalue weighted by atomic mass is 9.92. The Balaban J connectivity index is 1.25. The lowest BCUT2D eigenvalue weighted by molar-refractivity contribution is -0.368. The Morgan fingerprint density at radius 2 is 1.48 bits per heavy atom. The predicted molar refractivity (Wildman–Crippen MR) is 231 cm³/mol. The number of carbonyl (C=O) groups excluding carboxylic acids is 3. The van der Waals surface area contributed by atoms with E-state index in [2.05, 4.69) is 28.2 Å². The summed E-state index contributed by atoms with van der Waals surface area (Å²) in [6, 6.07) is 17.5. The van der Waals surface area contributed by atoms with Gasteiger partial charge in [0.1, 0.15) is 24.4 Å². The molecule has 0 aromatic heterocycles.